The molecule has 3 unspecified atom stereocenters. The van der Waals surface area contributed by atoms with Crippen LogP contribution >= 0.6 is 0 Å². The second-order valence-electron chi connectivity index (χ2n) is 10.1. The van der Waals surface area contributed by atoms with E-state index in [9.17, 15) is 19.5 Å². The Labute approximate surface area is 204 Å². The summed E-state index contributed by atoms with van der Waals surface area (Å²) in [5.41, 5.74) is 0.234. The molecule has 1 rings (SSSR count). The van der Waals surface area contributed by atoms with Crippen molar-refractivity contribution in [1.29, 1.82) is 0 Å². The van der Waals surface area contributed by atoms with Crippen LogP contribution in [-0.2, 0) is 14.3 Å². The van der Waals surface area contributed by atoms with Crippen molar-refractivity contribution in [2.24, 2.45) is 5.92 Å². The molecule has 1 aromatic rings. The van der Waals surface area contributed by atoms with Crippen molar-refractivity contribution in [3.8, 4) is 5.75 Å². The molecule has 3 atom stereocenters. The molecule has 8 nitrogen and oxygen atoms in total. The molecular weight excluding hydrogens is 434 g/mol. The highest BCUT2D eigenvalue weighted by molar-refractivity contribution is 5.92. The maximum Gasteiger partial charge on any atom is 0.408 e. The van der Waals surface area contributed by atoms with Gasteiger partial charge in [0.05, 0.1) is 0 Å². The molecule has 0 saturated carbocycles. The Hall–Kier alpha value is -2.77. The largest absolute Gasteiger partial charge is 0.507 e. The second-order valence-corrected chi connectivity index (χ2v) is 10.1. The van der Waals surface area contributed by atoms with Crippen LogP contribution in [0.25, 0.3) is 0 Å². The number of hydrogen-bond donors (Lipinski definition) is 3. The van der Waals surface area contributed by atoms with E-state index in [1.807, 2.05) is 34.6 Å². The lowest BCUT2D eigenvalue weighted by Crippen LogP contribution is -2.55. The van der Waals surface area contributed by atoms with Crippen LogP contribution in [0.4, 0.5) is 4.79 Å². The number of nitrogens with zero attached hydrogens (tertiary/aromatic N) is 1. The Morgan fingerprint density at radius 1 is 1.09 bits per heavy atom. The number of carbonyl (C=O) groups excluding carboxylic acids is 3. The normalized spacial score (nSPS) is 14.2. The van der Waals surface area contributed by atoms with Gasteiger partial charge in [0.25, 0.3) is 0 Å². The number of ether oxygens (including phenoxy) is 1. The first-order valence-electron chi connectivity index (χ1n) is 12.1. The lowest BCUT2D eigenvalue weighted by Gasteiger charge is -2.36. The lowest BCUT2D eigenvalue weighted by atomic mass is 9.94. The standard InChI is InChI=1S/C26H43N3O5/c1-10-15-29(24(32)20(17(5)11-2)28-25(33)34-26(7,8)9)21(23(31)27-16(3)4)19-14-12-13-18(6)22(19)30/h12-14,16-17,20-21,30H,10-11,15H2,1-9H3,(H,27,31)(H,28,33). The Kier molecular flexibility index (Phi) is 10.9. The predicted octanol–water partition coefficient (Wildman–Crippen LogP) is 4.44. The third kappa shape index (κ3) is 8.22. The zero-order valence-electron chi connectivity index (χ0n) is 22.2. The highest BCUT2D eigenvalue weighted by Gasteiger charge is 2.39. The molecule has 0 bridgehead atoms. The van der Waals surface area contributed by atoms with Gasteiger partial charge in [-0.1, -0.05) is 45.4 Å². The van der Waals surface area contributed by atoms with Crippen LogP contribution in [0.5, 0.6) is 5.75 Å². The summed E-state index contributed by atoms with van der Waals surface area (Å²) in [5.74, 6) is -1.02. The number of nitrogens with one attached hydrogen (secondary N) is 2. The van der Waals surface area contributed by atoms with Crippen molar-refractivity contribution >= 4 is 17.9 Å². The number of benzene rings is 1. The van der Waals surface area contributed by atoms with E-state index in [1.165, 1.54) is 4.90 Å². The van der Waals surface area contributed by atoms with Crippen LogP contribution in [-0.4, -0.2) is 52.1 Å². The number of carbonyl (C=O) groups is 3. The molecule has 192 valence electrons. The molecule has 0 aliphatic rings. The van der Waals surface area contributed by atoms with E-state index in [1.54, 1.807) is 45.9 Å². The van der Waals surface area contributed by atoms with Crippen molar-refractivity contribution in [1.82, 2.24) is 15.5 Å². The van der Waals surface area contributed by atoms with E-state index in [0.717, 1.165) is 0 Å². The molecule has 1 aromatic carbocycles. The van der Waals surface area contributed by atoms with Crippen molar-refractivity contribution in [2.75, 3.05) is 6.54 Å². The fraction of sp³-hybridized carbons (Fsp3) is 0.654. The van der Waals surface area contributed by atoms with Gasteiger partial charge in [-0.2, -0.15) is 0 Å². The third-order valence-corrected chi connectivity index (χ3v) is 5.45. The summed E-state index contributed by atoms with van der Waals surface area (Å²) in [4.78, 5) is 41.3. The molecule has 0 aliphatic heterocycles. The van der Waals surface area contributed by atoms with E-state index < -0.39 is 35.6 Å². The lowest BCUT2D eigenvalue weighted by molar-refractivity contribution is -0.143. The SMILES string of the molecule is CCCN(C(=O)C(NC(=O)OC(C)(C)C)C(C)CC)C(C(=O)NC(C)C)c1cccc(C)c1O. The first-order chi connectivity index (χ1) is 15.7. The number of aromatic hydroxyl groups is 1. The van der Waals surface area contributed by atoms with Gasteiger partial charge in [-0.15, -0.1) is 0 Å². The van der Waals surface area contributed by atoms with Gasteiger partial charge in [-0.05, 0) is 59.4 Å². The summed E-state index contributed by atoms with van der Waals surface area (Å²) in [7, 11) is 0. The second kappa shape index (κ2) is 12.6. The minimum Gasteiger partial charge on any atom is -0.507 e. The molecule has 0 radical (unpaired) electrons. The van der Waals surface area contributed by atoms with Crippen LogP contribution in [0, 0.1) is 12.8 Å². The van der Waals surface area contributed by atoms with E-state index in [0.29, 0.717) is 24.0 Å². The van der Waals surface area contributed by atoms with Crippen LogP contribution < -0.4 is 10.6 Å². The fourth-order valence-corrected chi connectivity index (χ4v) is 3.62. The highest BCUT2D eigenvalue weighted by atomic mass is 16.6. The number of para-hydroxylation sites is 1. The molecule has 34 heavy (non-hydrogen) atoms. The zero-order chi connectivity index (χ0) is 26.2. The molecule has 0 saturated heterocycles. The van der Waals surface area contributed by atoms with E-state index >= 15 is 0 Å². The van der Waals surface area contributed by atoms with Crippen molar-refractivity contribution in [3.63, 3.8) is 0 Å². The maximum atomic E-state index is 13.9. The Balaban J connectivity index is 3.53. The van der Waals surface area contributed by atoms with Gasteiger partial charge >= 0.3 is 6.09 Å². The Morgan fingerprint density at radius 3 is 2.21 bits per heavy atom. The van der Waals surface area contributed by atoms with Crippen molar-refractivity contribution in [2.45, 2.75) is 98.9 Å². The quantitative estimate of drug-likeness (QED) is 0.462. The molecular formula is C26H43N3O5. The summed E-state index contributed by atoms with van der Waals surface area (Å²) in [6, 6.07) is 3.04. The molecule has 0 heterocycles. The van der Waals surface area contributed by atoms with Crippen LogP contribution in [0.15, 0.2) is 18.2 Å². The monoisotopic (exact) mass is 477 g/mol. The number of amides is 3. The van der Waals surface area contributed by atoms with Gasteiger partial charge in [0.1, 0.15) is 23.4 Å². The molecule has 3 N–H and O–H groups in total. The minimum atomic E-state index is -1.05. The zero-order valence-corrected chi connectivity index (χ0v) is 22.2. The summed E-state index contributed by atoms with van der Waals surface area (Å²) in [5, 5.41) is 16.4. The molecule has 3 amide bonds. The Bertz CT molecular complexity index is 847. The number of rotatable bonds is 10. The van der Waals surface area contributed by atoms with E-state index in [-0.39, 0.29) is 24.3 Å². The first-order valence-corrected chi connectivity index (χ1v) is 12.1. The molecule has 0 aliphatic carbocycles. The number of alkyl carbamates (subject to hydrolysis) is 1. The van der Waals surface area contributed by atoms with Gasteiger partial charge in [0, 0.05) is 18.2 Å². The summed E-state index contributed by atoms with van der Waals surface area (Å²) < 4.78 is 5.39. The summed E-state index contributed by atoms with van der Waals surface area (Å²) >= 11 is 0. The number of aryl methyl sites for hydroxylation is 1. The van der Waals surface area contributed by atoms with Crippen LogP contribution in [0.2, 0.25) is 0 Å². The van der Waals surface area contributed by atoms with Gasteiger partial charge < -0.3 is 25.4 Å². The predicted molar refractivity (Wildman–Crippen MR) is 133 cm³/mol. The van der Waals surface area contributed by atoms with Crippen molar-refractivity contribution < 1.29 is 24.2 Å². The molecule has 0 spiro atoms. The number of hydrogen-bond acceptors (Lipinski definition) is 5. The van der Waals surface area contributed by atoms with Gasteiger partial charge in [-0.3, -0.25) is 9.59 Å². The number of phenolic OH excluding ortho intramolecular Hbond substituents is 1. The average Bonchev–Trinajstić information content (AvgIpc) is 2.71. The highest BCUT2D eigenvalue weighted by Crippen LogP contribution is 2.33. The van der Waals surface area contributed by atoms with Crippen molar-refractivity contribution in [3.05, 3.63) is 29.3 Å². The summed E-state index contributed by atoms with van der Waals surface area (Å²) in [6.07, 6.45) is 0.526. The smallest absolute Gasteiger partial charge is 0.408 e. The van der Waals surface area contributed by atoms with E-state index in [4.69, 9.17) is 4.74 Å². The van der Waals surface area contributed by atoms with E-state index in [2.05, 4.69) is 10.6 Å². The molecule has 0 fully saturated rings. The number of phenols is 1. The molecule has 8 heteroatoms. The average molecular weight is 478 g/mol. The first kappa shape index (κ1) is 29.3. The van der Waals surface area contributed by atoms with Gasteiger partial charge in [-0.25, -0.2) is 4.79 Å². The topological polar surface area (TPSA) is 108 Å². The molecule has 0 aromatic heterocycles. The summed E-state index contributed by atoms with van der Waals surface area (Å²) in [6.45, 7) is 16.7. The van der Waals surface area contributed by atoms with Crippen LogP contribution in [0.3, 0.4) is 0 Å². The Morgan fingerprint density at radius 2 is 1.71 bits per heavy atom. The van der Waals surface area contributed by atoms with Crippen LogP contribution in [0.1, 0.15) is 85.4 Å². The van der Waals surface area contributed by atoms with Gasteiger partial charge in [0.2, 0.25) is 11.8 Å². The fourth-order valence-electron chi connectivity index (χ4n) is 3.62. The van der Waals surface area contributed by atoms with Gasteiger partial charge in [0.15, 0.2) is 0 Å². The maximum absolute atomic E-state index is 13.9. The minimum absolute atomic E-state index is 0.0273. The third-order valence-electron chi connectivity index (χ3n) is 5.45.